The Kier molecular flexibility index (Phi) is 5.65. The Morgan fingerprint density at radius 3 is 2.86 bits per heavy atom. The van der Waals surface area contributed by atoms with Crippen LogP contribution >= 0.6 is 0 Å². The molecule has 2 heterocycles. The number of hydrogen-bond acceptors (Lipinski definition) is 4. The van der Waals surface area contributed by atoms with Crippen molar-refractivity contribution >= 4 is 16.8 Å². The van der Waals surface area contributed by atoms with Gasteiger partial charge in [-0.3, -0.25) is 14.7 Å². The van der Waals surface area contributed by atoms with Gasteiger partial charge in [0.25, 0.3) is 5.91 Å². The number of nitrogens with zero attached hydrogens (tertiary/aromatic N) is 2. The van der Waals surface area contributed by atoms with Gasteiger partial charge in [0.15, 0.2) is 0 Å². The molecule has 0 atom stereocenters. The van der Waals surface area contributed by atoms with Gasteiger partial charge in [-0.2, -0.15) is 0 Å². The van der Waals surface area contributed by atoms with Crippen LogP contribution in [0.5, 0.6) is 0 Å². The third kappa shape index (κ3) is 3.65. The lowest BCUT2D eigenvalue weighted by molar-refractivity contribution is 0.0631. The summed E-state index contributed by atoms with van der Waals surface area (Å²) in [6, 6.07) is 8.05. The van der Waals surface area contributed by atoms with Gasteiger partial charge in [0.1, 0.15) is 0 Å². The van der Waals surface area contributed by atoms with Crippen LogP contribution in [0.3, 0.4) is 0 Å². The summed E-state index contributed by atoms with van der Waals surface area (Å²) < 4.78 is 5.29. The highest BCUT2D eigenvalue weighted by Crippen LogP contribution is 2.43. The maximum absolute atomic E-state index is 13.4. The van der Waals surface area contributed by atoms with E-state index in [-0.39, 0.29) is 11.3 Å². The van der Waals surface area contributed by atoms with Crippen molar-refractivity contribution in [2.45, 2.75) is 45.6 Å². The molecule has 1 N–H and O–H groups in total. The third-order valence-electron chi connectivity index (χ3n) is 6.67. The van der Waals surface area contributed by atoms with Crippen LogP contribution in [0.4, 0.5) is 0 Å². The number of rotatable bonds is 7. The SMILES string of the molecule is CCN1CCc2nc3ccccc3c(C(=O)NCC3(CCOC)CCC3)c2C1. The lowest BCUT2D eigenvalue weighted by atomic mass is 9.66. The molecule has 5 heteroatoms. The quantitative estimate of drug-likeness (QED) is 0.797. The maximum Gasteiger partial charge on any atom is 0.252 e. The summed E-state index contributed by atoms with van der Waals surface area (Å²) in [5.41, 5.74) is 4.17. The van der Waals surface area contributed by atoms with Crippen molar-refractivity contribution < 1.29 is 9.53 Å². The first-order chi connectivity index (χ1) is 13.7. The van der Waals surface area contributed by atoms with Crippen molar-refractivity contribution in [2.75, 3.05) is 33.4 Å². The molecule has 1 aliphatic heterocycles. The van der Waals surface area contributed by atoms with E-state index in [2.05, 4.69) is 17.1 Å². The van der Waals surface area contributed by atoms with E-state index in [1.165, 1.54) is 19.3 Å². The van der Waals surface area contributed by atoms with Gasteiger partial charge >= 0.3 is 0 Å². The molecule has 150 valence electrons. The standard InChI is InChI=1S/C23H31N3O2/c1-3-26-13-9-20-18(15-26)21(17-7-4-5-8-19(17)25-20)22(27)24-16-23(10-6-11-23)12-14-28-2/h4-5,7-8H,3,6,9-16H2,1-2H3,(H,24,27). The number of ether oxygens (including phenoxy) is 1. The van der Waals surface area contributed by atoms with Gasteiger partial charge in [-0.1, -0.05) is 31.5 Å². The number of para-hydroxylation sites is 1. The summed E-state index contributed by atoms with van der Waals surface area (Å²) in [4.78, 5) is 20.7. The van der Waals surface area contributed by atoms with Crippen LogP contribution in [0.2, 0.25) is 0 Å². The topological polar surface area (TPSA) is 54.5 Å². The molecule has 1 aromatic heterocycles. The number of methoxy groups -OCH3 is 1. The second-order valence-electron chi connectivity index (χ2n) is 8.33. The predicted octanol–water partition coefficient (Wildman–Crippen LogP) is 3.55. The minimum Gasteiger partial charge on any atom is -0.385 e. The van der Waals surface area contributed by atoms with Gasteiger partial charge in [-0.25, -0.2) is 0 Å². The van der Waals surface area contributed by atoms with E-state index in [4.69, 9.17) is 9.72 Å². The van der Waals surface area contributed by atoms with Crippen molar-refractivity contribution in [3.63, 3.8) is 0 Å². The van der Waals surface area contributed by atoms with Crippen LogP contribution < -0.4 is 5.32 Å². The molecule has 5 nitrogen and oxygen atoms in total. The molecule has 1 amide bonds. The largest absolute Gasteiger partial charge is 0.385 e. The Balaban J connectivity index is 1.64. The minimum atomic E-state index is 0.0523. The summed E-state index contributed by atoms with van der Waals surface area (Å²) in [7, 11) is 1.75. The van der Waals surface area contributed by atoms with Gasteiger partial charge < -0.3 is 10.1 Å². The van der Waals surface area contributed by atoms with Crippen LogP contribution in [0, 0.1) is 5.41 Å². The molecule has 0 radical (unpaired) electrons. The van der Waals surface area contributed by atoms with Crippen molar-refractivity contribution in [1.82, 2.24) is 15.2 Å². The highest BCUT2D eigenvalue weighted by atomic mass is 16.5. The molecule has 1 aromatic carbocycles. The molecule has 1 aliphatic carbocycles. The van der Waals surface area contributed by atoms with E-state index in [9.17, 15) is 4.79 Å². The first kappa shape index (κ1) is 19.3. The number of benzene rings is 1. The number of likely N-dealkylation sites (N-methyl/N-ethyl adjacent to an activating group) is 1. The Morgan fingerprint density at radius 2 is 2.14 bits per heavy atom. The van der Waals surface area contributed by atoms with E-state index >= 15 is 0 Å². The first-order valence-electron chi connectivity index (χ1n) is 10.6. The number of carbonyl (C=O) groups excluding carboxylic acids is 1. The van der Waals surface area contributed by atoms with E-state index < -0.39 is 0 Å². The fourth-order valence-corrected chi connectivity index (χ4v) is 4.64. The highest BCUT2D eigenvalue weighted by molar-refractivity contribution is 6.07. The summed E-state index contributed by atoms with van der Waals surface area (Å²) in [6.07, 6.45) is 5.53. The van der Waals surface area contributed by atoms with Gasteiger partial charge in [0, 0.05) is 56.4 Å². The Labute approximate surface area is 167 Å². The zero-order valence-corrected chi connectivity index (χ0v) is 17.1. The molecule has 1 fully saturated rings. The second kappa shape index (κ2) is 8.18. The Hall–Kier alpha value is -1.98. The summed E-state index contributed by atoms with van der Waals surface area (Å²) in [5.74, 6) is 0.0523. The normalized spacial score (nSPS) is 18.5. The smallest absolute Gasteiger partial charge is 0.252 e. The second-order valence-corrected chi connectivity index (χ2v) is 8.33. The molecule has 0 saturated heterocycles. The third-order valence-corrected chi connectivity index (χ3v) is 6.67. The van der Waals surface area contributed by atoms with Gasteiger partial charge in [-0.05, 0) is 37.3 Å². The van der Waals surface area contributed by atoms with E-state index in [1.54, 1.807) is 7.11 Å². The molecule has 2 aromatic rings. The van der Waals surface area contributed by atoms with E-state index in [0.29, 0.717) is 0 Å². The van der Waals surface area contributed by atoms with Gasteiger partial charge in [-0.15, -0.1) is 0 Å². The van der Waals surface area contributed by atoms with E-state index in [1.807, 2.05) is 24.3 Å². The minimum absolute atomic E-state index is 0.0523. The zero-order chi connectivity index (χ0) is 19.6. The number of hydrogen-bond donors (Lipinski definition) is 1. The Bertz CT molecular complexity index is 860. The zero-order valence-electron chi connectivity index (χ0n) is 17.1. The molecule has 0 spiro atoms. The Morgan fingerprint density at radius 1 is 1.32 bits per heavy atom. The summed E-state index contributed by atoms with van der Waals surface area (Å²) in [6.45, 7) is 6.48. The fourth-order valence-electron chi connectivity index (χ4n) is 4.64. The molecular weight excluding hydrogens is 350 g/mol. The highest BCUT2D eigenvalue weighted by Gasteiger charge is 2.37. The average Bonchev–Trinajstić information content (AvgIpc) is 2.70. The van der Waals surface area contributed by atoms with Gasteiger partial charge in [0.2, 0.25) is 0 Å². The van der Waals surface area contributed by atoms with Gasteiger partial charge in [0.05, 0.1) is 11.1 Å². The number of carbonyl (C=O) groups is 1. The number of nitrogens with one attached hydrogen (secondary N) is 1. The predicted molar refractivity (Wildman–Crippen MR) is 112 cm³/mol. The van der Waals surface area contributed by atoms with Crippen molar-refractivity contribution in [2.24, 2.45) is 5.41 Å². The van der Waals surface area contributed by atoms with Crippen LogP contribution in [0.15, 0.2) is 24.3 Å². The first-order valence-corrected chi connectivity index (χ1v) is 10.6. The van der Waals surface area contributed by atoms with Crippen LogP contribution in [-0.4, -0.2) is 49.1 Å². The number of pyridine rings is 1. The maximum atomic E-state index is 13.4. The number of aromatic nitrogens is 1. The number of fused-ring (bicyclic) bond motifs is 2. The van der Waals surface area contributed by atoms with Crippen LogP contribution in [0.1, 0.15) is 54.2 Å². The molecule has 1 saturated carbocycles. The van der Waals surface area contributed by atoms with Crippen LogP contribution in [-0.2, 0) is 17.7 Å². The fraction of sp³-hybridized carbons (Fsp3) is 0.565. The number of amides is 1. The average molecular weight is 382 g/mol. The molecule has 2 aliphatic rings. The molecular formula is C23H31N3O2. The van der Waals surface area contributed by atoms with Crippen LogP contribution in [0.25, 0.3) is 10.9 Å². The van der Waals surface area contributed by atoms with Crippen molar-refractivity contribution in [3.05, 3.63) is 41.1 Å². The molecule has 0 unspecified atom stereocenters. The molecule has 28 heavy (non-hydrogen) atoms. The molecule has 4 rings (SSSR count). The van der Waals surface area contributed by atoms with Crippen molar-refractivity contribution in [3.8, 4) is 0 Å². The molecule has 0 bridgehead atoms. The lowest BCUT2D eigenvalue weighted by Gasteiger charge is -2.42. The summed E-state index contributed by atoms with van der Waals surface area (Å²) >= 11 is 0. The van der Waals surface area contributed by atoms with E-state index in [0.717, 1.165) is 73.4 Å². The van der Waals surface area contributed by atoms with Crippen molar-refractivity contribution in [1.29, 1.82) is 0 Å². The monoisotopic (exact) mass is 381 g/mol. The lowest BCUT2D eigenvalue weighted by Crippen LogP contribution is -2.43. The summed E-state index contributed by atoms with van der Waals surface area (Å²) in [5, 5.41) is 4.25.